The van der Waals surface area contributed by atoms with Crippen LogP contribution in [0.1, 0.15) is 54.1 Å². The first-order valence-corrected chi connectivity index (χ1v) is 12.7. The number of nitrogens with one attached hydrogen (secondary N) is 4. The second-order valence-corrected chi connectivity index (χ2v) is 10.3. The first-order valence-electron chi connectivity index (χ1n) is 12.7. The molecule has 4 aromatic rings. The molecule has 2 aromatic carbocycles. The summed E-state index contributed by atoms with van der Waals surface area (Å²) in [5.74, 6) is -0.137. The lowest BCUT2D eigenvalue weighted by Gasteiger charge is -2.39. The van der Waals surface area contributed by atoms with E-state index in [1.807, 2.05) is 26.2 Å². The number of anilines is 2. The van der Waals surface area contributed by atoms with E-state index in [0.29, 0.717) is 23.6 Å². The fourth-order valence-electron chi connectivity index (χ4n) is 5.40. The van der Waals surface area contributed by atoms with Crippen LogP contribution in [0, 0.1) is 19.7 Å². The Hall–Kier alpha value is -3.94. The molecule has 0 aliphatic heterocycles. The van der Waals surface area contributed by atoms with Crippen LogP contribution in [0.4, 0.5) is 16.0 Å². The number of amides is 1. The van der Waals surface area contributed by atoms with Crippen molar-refractivity contribution in [2.24, 2.45) is 0 Å². The first-order chi connectivity index (χ1) is 17.8. The van der Waals surface area contributed by atoms with Crippen LogP contribution in [-0.4, -0.2) is 39.5 Å². The molecule has 2 aromatic heterocycles. The summed E-state index contributed by atoms with van der Waals surface area (Å²) in [4.78, 5) is 25.8. The average Bonchev–Trinajstić information content (AvgIpc) is 3.30. The van der Waals surface area contributed by atoms with Crippen LogP contribution in [0.15, 0.2) is 48.8 Å². The number of rotatable bonds is 6. The molecule has 7 nitrogen and oxygen atoms in total. The van der Waals surface area contributed by atoms with Crippen molar-refractivity contribution >= 4 is 28.4 Å². The summed E-state index contributed by atoms with van der Waals surface area (Å²) in [6.07, 6.45) is 7.33. The number of carbonyl (C=O) groups is 1. The number of aryl methyl sites for hydroxylation is 2. The molecule has 4 N–H and O–H groups in total. The number of fused-ring (bicyclic) bond motifs is 1. The van der Waals surface area contributed by atoms with Gasteiger partial charge in [0.2, 0.25) is 5.95 Å². The van der Waals surface area contributed by atoms with Crippen LogP contribution in [0.5, 0.6) is 0 Å². The van der Waals surface area contributed by atoms with Crippen LogP contribution in [-0.2, 0) is 0 Å². The van der Waals surface area contributed by atoms with Crippen LogP contribution < -0.4 is 16.0 Å². The lowest BCUT2D eigenvalue weighted by Crippen LogP contribution is -2.51. The second-order valence-electron chi connectivity index (χ2n) is 10.3. The lowest BCUT2D eigenvalue weighted by atomic mass is 9.80. The molecule has 1 aliphatic rings. The van der Waals surface area contributed by atoms with E-state index in [-0.39, 0.29) is 11.9 Å². The summed E-state index contributed by atoms with van der Waals surface area (Å²) in [6, 6.07) is 10.9. The molecular formula is C29H33FN6O. The fraction of sp³-hybridized carbons (Fsp3) is 0.345. The molecule has 0 radical (unpaired) electrons. The molecule has 1 aliphatic carbocycles. The van der Waals surface area contributed by atoms with Crippen molar-refractivity contribution in [3.05, 3.63) is 71.3 Å². The van der Waals surface area contributed by atoms with E-state index in [0.717, 1.165) is 47.0 Å². The van der Waals surface area contributed by atoms with Crippen LogP contribution in [0.25, 0.3) is 22.2 Å². The number of aromatic nitrogens is 3. The number of hydrogen-bond donors (Lipinski definition) is 4. The Balaban J connectivity index is 1.32. The predicted octanol–water partition coefficient (Wildman–Crippen LogP) is 5.97. The molecule has 1 fully saturated rings. The smallest absolute Gasteiger partial charge is 0.251 e. The van der Waals surface area contributed by atoms with Gasteiger partial charge in [0, 0.05) is 53.1 Å². The Morgan fingerprint density at radius 3 is 2.81 bits per heavy atom. The van der Waals surface area contributed by atoms with Gasteiger partial charge in [-0.2, -0.15) is 0 Å². The minimum atomic E-state index is -0.443. The average molecular weight is 501 g/mol. The SMILES string of the molecule is CNc1ccc(C(=O)N[C@@]2(C)CCC[C@@H](Nc3ncc(C)c(-c4c[nH]c5c(C)cccc45)n3)C2)cc1F. The molecule has 8 heteroatoms. The zero-order valence-electron chi connectivity index (χ0n) is 21.7. The van der Waals surface area contributed by atoms with Crippen molar-refractivity contribution in [2.75, 3.05) is 17.7 Å². The molecule has 0 unspecified atom stereocenters. The number of halogens is 1. The van der Waals surface area contributed by atoms with E-state index < -0.39 is 11.4 Å². The van der Waals surface area contributed by atoms with Gasteiger partial charge in [-0.15, -0.1) is 0 Å². The van der Waals surface area contributed by atoms with E-state index in [4.69, 9.17) is 4.98 Å². The largest absolute Gasteiger partial charge is 0.386 e. The Morgan fingerprint density at radius 1 is 1.19 bits per heavy atom. The number of nitrogens with zero attached hydrogens (tertiary/aromatic N) is 2. The van der Waals surface area contributed by atoms with Crippen LogP contribution in [0.2, 0.25) is 0 Å². The highest BCUT2D eigenvalue weighted by molar-refractivity contribution is 5.97. The van der Waals surface area contributed by atoms with Gasteiger partial charge in [-0.05, 0) is 75.8 Å². The Labute approximate surface area is 216 Å². The zero-order valence-corrected chi connectivity index (χ0v) is 21.7. The maximum absolute atomic E-state index is 14.2. The lowest BCUT2D eigenvalue weighted by molar-refractivity contribution is 0.0878. The fourth-order valence-corrected chi connectivity index (χ4v) is 5.40. The van der Waals surface area contributed by atoms with Gasteiger partial charge in [-0.25, -0.2) is 14.4 Å². The number of para-hydroxylation sites is 1. The zero-order chi connectivity index (χ0) is 26.2. The van der Waals surface area contributed by atoms with Gasteiger partial charge < -0.3 is 20.9 Å². The Bertz CT molecular complexity index is 1460. The van der Waals surface area contributed by atoms with E-state index in [1.165, 1.54) is 11.6 Å². The highest BCUT2D eigenvalue weighted by Gasteiger charge is 2.34. The van der Waals surface area contributed by atoms with Crippen molar-refractivity contribution in [1.82, 2.24) is 20.3 Å². The van der Waals surface area contributed by atoms with Gasteiger partial charge in [0.05, 0.1) is 11.4 Å². The molecule has 192 valence electrons. The molecule has 1 saturated carbocycles. The van der Waals surface area contributed by atoms with E-state index >= 15 is 0 Å². The number of aromatic amines is 1. The van der Waals surface area contributed by atoms with Crippen molar-refractivity contribution in [1.29, 1.82) is 0 Å². The van der Waals surface area contributed by atoms with Crippen molar-refractivity contribution in [3.8, 4) is 11.3 Å². The summed E-state index contributed by atoms with van der Waals surface area (Å²) in [7, 11) is 1.65. The van der Waals surface area contributed by atoms with Gasteiger partial charge in [0.15, 0.2) is 0 Å². The maximum Gasteiger partial charge on any atom is 0.251 e. The number of benzene rings is 2. The Morgan fingerprint density at radius 2 is 2.03 bits per heavy atom. The first kappa shape index (κ1) is 24.7. The summed E-state index contributed by atoms with van der Waals surface area (Å²) >= 11 is 0. The molecule has 0 saturated heterocycles. The van der Waals surface area contributed by atoms with Crippen molar-refractivity contribution in [2.45, 2.75) is 58.0 Å². The standard InChI is InChI=1S/C29H33FN6O/c1-17-7-5-9-21-22(16-32-25(17)21)26-18(2)15-33-28(35-26)34-20-8-6-12-29(3,14-20)36-27(37)19-10-11-24(31-4)23(30)13-19/h5,7,9-11,13,15-16,20,31-32H,6,8,12,14H2,1-4H3,(H,36,37)(H,33,34,35)/t20-,29+/m1/s1. The van der Waals surface area contributed by atoms with E-state index in [9.17, 15) is 9.18 Å². The third kappa shape index (κ3) is 5.01. The topological polar surface area (TPSA) is 94.7 Å². The summed E-state index contributed by atoms with van der Waals surface area (Å²) in [5.41, 5.74) is 5.52. The second kappa shape index (κ2) is 9.84. The highest BCUT2D eigenvalue weighted by Crippen LogP contribution is 2.33. The summed E-state index contributed by atoms with van der Waals surface area (Å²) < 4.78 is 14.2. The summed E-state index contributed by atoms with van der Waals surface area (Å²) in [5, 5.41) is 10.6. The summed E-state index contributed by atoms with van der Waals surface area (Å²) in [6.45, 7) is 6.16. The number of H-pyrrole nitrogens is 1. The monoisotopic (exact) mass is 500 g/mol. The molecular weight excluding hydrogens is 467 g/mol. The highest BCUT2D eigenvalue weighted by atomic mass is 19.1. The van der Waals surface area contributed by atoms with Gasteiger partial charge in [0.25, 0.3) is 5.91 Å². The third-order valence-electron chi connectivity index (χ3n) is 7.38. The van der Waals surface area contributed by atoms with Gasteiger partial charge >= 0.3 is 0 Å². The predicted molar refractivity (Wildman–Crippen MR) is 146 cm³/mol. The van der Waals surface area contributed by atoms with E-state index in [1.54, 1.807) is 19.2 Å². The van der Waals surface area contributed by atoms with Gasteiger partial charge in [-0.1, -0.05) is 18.2 Å². The van der Waals surface area contributed by atoms with Crippen molar-refractivity contribution < 1.29 is 9.18 Å². The number of carbonyl (C=O) groups excluding carboxylic acids is 1. The van der Waals surface area contributed by atoms with Crippen molar-refractivity contribution in [3.63, 3.8) is 0 Å². The molecule has 5 rings (SSSR count). The van der Waals surface area contributed by atoms with Crippen LogP contribution in [0.3, 0.4) is 0 Å². The number of hydrogen-bond acceptors (Lipinski definition) is 5. The quantitative estimate of drug-likeness (QED) is 0.262. The van der Waals surface area contributed by atoms with Gasteiger partial charge in [0.1, 0.15) is 5.82 Å². The molecule has 2 atom stereocenters. The van der Waals surface area contributed by atoms with E-state index in [2.05, 4.69) is 51.0 Å². The molecule has 1 amide bonds. The molecule has 0 spiro atoms. The molecule has 2 heterocycles. The van der Waals surface area contributed by atoms with Gasteiger partial charge in [-0.3, -0.25) is 4.79 Å². The maximum atomic E-state index is 14.2. The minimum absolute atomic E-state index is 0.100. The molecule has 0 bridgehead atoms. The Kier molecular flexibility index (Phi) is 6.58. The third-order valence-corrected chi connectivity index (χ3v) is 7.38. The van der Waals surface area contributed by atoms with Crippen LogP contribution >= 0.6 is 0 Å². The minimum Gasteiger partial charge on any atom is -0.386 e. The normalized spacial score (nSPS) is 19.5. The molecule has 37 heavy (non-hydrogen) atoms.